The first-order valence-electron chi connectivity index (χ1n) is 3.83. The van der Waals surface area contributed by atoms with E-state index in [1.54, 1.807) is 18.2 Å². The Kier molecular flexibility index (Phi) is 2.03. The quantitative estimate of drug-likeness (QED) is 0.559. The van der Waals surface area contributed by atoms with Crippen LogP contribution in [0.1, 0.15) is 0 Å². The van der Waals surface area contributed by atoms with Crippen LogP contribution in [0.5, 0.6) is 0 Å². The topological polar surface area (TPSA) is 98.2 Å². The number of rotatable bonds is 2. The molecule has 0 unspecified atom stereocenters. The minimum atomic E-state index is -4.29. The van der Waals surface area contributed by atoms with Crippen molar-refractivity contribution in [2.24, 2.45) is 0 Å². The molecular weight excluding hydrogens is 205 g/mol. The smallest absolute Gasteiger partial charge is 0.324 e. The third-order valence-electron chi connectivity index (χ3n) is 1.64. The largest absolute Gasteiger partial charge is 0.429 e. The molecule has 0 atom stereocenters. The summed E-state index contributed by atoms with van der Waals surface area (Å²) >= 11 is 0. The molecule has 6 nitrogen and oxygen atoms in total. The Morgan fingerprint density at radius 3 is 2.71 bits per heavy atom. The standard InChI is InChI=1S/C7H8N3O3P/c11-14(12,13)10-7-8-5-3-1-2-4-6(5)9-7/h1-4H,(H4,8,9,10,11,12,13). The summed E-state index contributed by atoms with van der Waals surface area (Å²) in [5, 5.41) is 1.97. The first-order valence-corrected chi connectivity index (χ1v) is 5.44. The minimum absolute atomic E-state index is 0.0690. The molecule has 1 aromatic heterocycles. The summed E-state index contributed by atoms with van der Waals surface area (Å²) in [5.41, 5.74) is 1.38. The highest BCUT2D eigenvalue weighted by Gasteiger charge is 2.14. The molecule has 1 heterocycles. The summed E-state index contributed by atoms with van der Waals surface area (Å²) in [6.07, 6.45) is 0. The van der Waals surface area contributed by atoms with E-state index >= 15 is 0 Å². The summed E-state index contributed by atoms with van der Waals surface area (Å²) in [5.74, 6) is 0.0690. The first kappa shape index (κ1) is 9.21. The lowest BCUT2D eigenvalue weighted by molar-refractivity contribution is 0.380. The van der Waals surface area contributed by atoms with E-state index < -0.39 is 7.75 Å². The number of hydrogen-bond donors (Lipinski definition) is 4. The average molecular weight is 213 g/mol. The van der Waals surface area contributed by atoms with Gasteiger partial charge in [0.05, 0.1) is 11.0 Å². The zero-order valence-corrected chi connectivity index (χ0v) is 7.90. The molecule has 2 rings (SSSR count). The first-order chi connectivity index (χ1) is 6.54. The normalized spacial score (nSPS) is 11.9. The predicted octanol–water partition coefficient (Wildman–Crippen LogP) is 1.07. The fraction of sp³-hybridized carbons (Fsp3) is 0. The number of nitrogens with zero attached hydrogens (tertiary/aromatic N) is 1. The lowest BCUT2D eigenvalue weighted by Crippen LogP contribution is -1.95. The molecule has 0 aliphatic rings. The van der Waals surface area contributed by atoms with E-state index in [1.807, 2.05) is 11.2 Å². The van der Waals surface area contributed by atoms with E-state index in [0.29, 0.717) is 5.52 Å². The number of para-hydroxylation sites is 2. The van der Waals surface area contributed by atoms with Crippen molar-refractivity contribution in [3.8, 4) is 0 Å². The second-order valence-electron chi connectivity index (χ2n) is 2.76. The maximum atomic E-state index is 10.6. The van der Waals surface area contributed by atoms with Crippen LogP contribution >= 0.6 is 7.75 Å². The van der Waals surface area contributed by atoms with Gasteiger partial charge in [0.1, 0.15) is 0 Å². The number of aromatic amines is 1. The molecule has 0 radical (unpaired) electrons. The number of fused-ring (bicyclic) bond motifs is 1. The van der Waals surface area contributed by atoms with Gasteiger partial charge in [-0.1, -0.05) is 12.1 Å². The Bertz CT molecular complexity index is 471. The second kappa shape index (κ2) is 3.09. The fourth-order valence-electron chi connectivity index (χ4n) is 1.14. The summed E-state index contributed by atoms with van der Waals surface area (Å²) in [6.45, 7) is 0. The molecule has 0 aliphatic carbocycles. The Balaban J connectivity index is 2.41. The molecule has 0 saturated heterocycles. The third-order valence-corrected chi connectivity index (χ3v) is 2.14. The lowest BCUT2D eigenvalue weighted by Gasteiger charge is -2.02. The lowest BCUT2D eigenvalue weighted by atomic mass is 10.3. The fourth-order valence-corrected chi connectivity index (χ4v) is 1.53. The van der Waals surface area contributed by atoms with Gasteiger partial charge >= 0.3 is 7.75 Å². The van der Waals surface area contributed by atoms with E-state index in [0.717, 1.165) is 5.52 Å². The van der Waals surface area contributed by atoms with Crippen molar-refractivity contribution in [2.75, 3.05) is 5.09 Å². The van der Waals surface area contributed by atoms with Crippen molar-refractivity contribution >= 4 is 24.7 Å². The summed E-state index contributed by atoms with van der Waals surface area (Å²) in [4.78, 5) is 23.9. The van der Waals surface area contributed by atoms with Crippen molar-refractivity contribution < 1.29 is 14.4 Å². The number of anilines is 1. The molecule has 0 aliphatic heterocycles. The zero-order valence-electron chi connectivity index (χ0n) is 7.01. The van der Waals surface area contributed by atoms with Crippen molar-refractivity contribution in [1.82, 2.24) is 9.97 Å². The van der Waals surface area contributed by atoms with Gasteiger partial charge in [-0.2, -0.15) is 0 Å². The molecule has 0 spiro atoms. The summed E-state index contributed by atoms with van der Waals surface area (Å²) < 4.78 is 10.6. The highest BCUT2D eigenvalue weighted by Crippen LogP contribution is 2.34. The molecule has 74 valence electrons. The van der Waals surface area contributed by atoms with Crippen molar-refractivity contribution in [2.45, 2.75) is 0 Å². The van der Waals surface area contributed by atoms with Gasteiger partial charge in [-0.3, -0.25) is 5.09 Å². The van der Waals surface area contributed by atoms with Gasteiger partial charge in [0.2, 0.25) is 5.95 Å². The van der Waals surface area contributed by atoms with Gasteiger partial charge in [0.25, 0.3) is 0 Å². The van der Waals surface area contributed by atoms with E-state index in [4.69, 9.17) is 9.79 Å². The van der Waals surface area contributed by atoms with Crippen LogP contribution in [0, 0.1) is 0 Å². The molecule has 7 heteroatoms. The predicted molar refractivity (Wildman–Crippen MR) is 51.8 cm³/mol. The Morgan fingerprint density at radius 1 is 1.36 bits per heavy atom. The van der Waals surface area contributed by atoms with Crippen LogP contribution in [0.3, 0.4) is 0 Å². The van der Waals surface area contributed by atoms with Crippen LogP contribution in [-0.4, -0.2) is 19.8 Å². The molecule has 0 saturated carbocycles. The van der Waals surface area contributed by atoms with Crippen LogP contribution < -0.4 is 5.09 Å². The maximum Gasteiger partial charge on any atom is 0.429 e. The number of benzene rings is 1. The van der Waals surface area contributed by atoms with Gasteiger partial charge < -0.3 is 14.8 Å². The maximum absolute atomic E-state index is 10.6. The molecule has 0 amide bonds. The molecule has 1 aromatic carbocycles. The Morgan fingerprint density at radius 2 is 2.07 bits per heavy atom. The van der Waals surface area contributed by atoms with Crippen molar-refractivity contribution in [3.05, 3.63) is 24.3 Å². The molecule has 2 aromatic rings. The van der Waals surface area contributed by atoms with Gasteiger partial charge in [0.15, 0.2) is 0 Å². The SMILES string of the molecule is O=P(O)(O)Nc1nc2ccccc2[nH]1. The number of imidazole rings is 1. The van der Waals surface area contributed by atoms with Crippen LogP contribution in [-0.2, 0) is 4.57 Å². The summed E-state index contributed by atoms with van der Waals surface area (Å²) in [7, 11) is -4.29. The Hall–Kier alpha value is -1.36. The zero-order chi connectivity index (χ0) is 10.2. The number of H-pyrrole nitrogens is 1. The molecule has 0 fully saturated rings. The van der Waals surface area contributed by atoms with Crippen molar-refractivity contribution in [3.63, 3.8) is 0 Å². The van der Waals surface area contributed by atoms with Gasteiger partial charge in [-0.25, -0.2) is 9.55 Å². The molecule has 0 bridgehead atoms. The van der Waals surface area contributed by atoms with E-state index in [9.17, 15) is 4.57 Å². The van der Waals surface area contributed by atoms with Crippen LogP contribution in [0.2, 0.25) is 0 Å². The average Bonchev–Trinajstić information content (AvgIpc) is 2.42. The number of nitrogens with one attached hydrogen (secondary N) is 2. The van der Waals surface area contributed by atoms with Crippen LogP contribution in [0.25, 0.3) is 11.0 Å². The van der Waals surface area contributed by atoms with E-state index in [1.165, 1.54) is 0 Å². The van der Waals surface area contributed by atoms with Gasteiger partial charge in [-0.15, -0.1) is 0 Å². The van der Waals surface area contributed by atoms with Gasteiger partial charge in [-0.05, 0) is 12.1 Å². The molecule has 14 heavy (non-hydrogen) atoms. The highest BCUT2D eigenvalue weighted by atomic mass is 31.2. The summed E-state index contributed by atoms with van der Waals surface area (Å²) in [6, 6.07) is 7.12. The van der Waals surface area contributed by atoms with Crippen molar-refractivity contribution in [1.29, 1.82) is 0 Å². The highest BCUT2D eigenvalue weighted by molar-refractivity contribution is 7.53. The second-order valence-corrected chi connectivity index (χ2v) is 4.07. The molecule has 4 N–H and O–H groups in total. The minimum Gasteiger partial charge on any atom is -0.324 e. The van der Waals surface area contributed by atoms with Crippen LogP contribution in [0.4, 0.5) is 5.95 Å². The molecular formula is C7H8N3O3P. The van der Waals surface area contributed by atoms with Crippen LogP contribution in [0.15, 0.2) is 24.3 Å². The van der Waals surface area contributed by atoms with E-state index in [-0.39, 0.29) is 5.95 Å². The number of aromatic nitrogens is 2. The number of hydrogen-bond acceptors (Lipinski definition) is 2. The third kappa shape index (κ3) is 1.93. The Labute approximate surface area is 79.2 Å². The van der Waals surface area contributed by atoms with E-state index in [2.05, 4.69) is 9.97 Å². The van der Waals surface area contributed by atoms with Gasteiger partial charge in [0, 0.05) is 0 Å². The monoisotopic (exact) mass is 213 g/mol.